The summed E-state index contributed by atoms with van der Waals surface area (Å²) in [5.41, 5.74) is 3.05. The summed E-state index contributed by atoms with van der Waals surface area (Å²) in [6.45, 7) is 2.17. The number of carbonyl (C=O) groups excluding carboxylic acids is 2. The van der Waals surface area contributed by atoms with Crippen molar-refractivity contribution in [2.75, 3.05) is 4.90 Å². The fourth-order valence-electron chi connectivity index (χ4n) is 4.14. The number of benzene rings is 1. The lowest BCUT2D eigenvalue weighted by Crippen LogP contribution is -2.30. The molecule has 25 heavy (non-hydrogen) atoms. The number of anilines is 1. The van der Waals surface area contributed by atoms with E-state index in [0.29, 0.717) is 11.6 Å². The fraction of sp³-hybridized carbons (Fsp3) is 0.381. The number of pyridine rings is 1. The number of aromatic nitrogens is 1. The minimum Gasteiger partial charge on any atom is -0.274 e. The van der Waals surface area contributed by atoms with Gasteiger partial charge in [-0.1, -0.05) is 19.1 Å². The zero-order valence-electron chi connectivity index (χ0n) is 14.4. The summed E-state index contributed by atoms with van der Waals surface area (Å²) in [5, 5.41) is 0. The Bertz CT molecular complexity index is 785. The van der Waals surface area contributed by atoms with Crippen LogP contribution >= 0.6 is 0 Å². The number of amides is 2. The number of nitrogens with zero attached hydrogens (tertiary/aromatic N) is 2. The van der Waals surface area contributed by atoms with E-state index in [1.165, 1.54) is 10.5 Å². The van der Waals surface area contributed by atoms with Crippen LogP contribution in [0.15, 0.2) is 48.8 Å². The molecule has 3 atom stereocenters. The summed E-state index contributed by atoms with van der Waals surface area (Å²) in [4.78, 5) is 31.0. The molecular formula is C21H22N2O2. The average molecular weight is 334 g/mol. The van der Waals surface area contributed by atoms with Crippen LogP contribution in [-0.2, 0) is 16.0 Å². The average Bonchev–Trinajstić information content (AvgIpc) is 2.87. The normalized spacial score (nSPS) is 26.0. The molecule has 1 saturated carbocycles. The molecule has 2 fully saturated rings. The van der Waals surface area contributed by atoms with Gasteiger partial charge in [-0.15, -0.1) is 0 Å². The van der Waals surface area contributed by atoms with Crippen LogP contribution in [0.5, 0.6) is 0 Å². The van der Waals surface area contributed by atoms with Crippen molar-refractivity contribution in [2.45, 2.75) is 32.6 Å². The van der Waals surface area contributed by atoms with Gasteiger partial charge in [-0.05, 0) is 67.0 Å². The third kappa shape index (κ3) is 2.97. The third-order valence-electron chi connectivity index (χ3n) is 5.54. The molecule has 4 nitrogen and oxygen atoms in total. The molecule has 2 aliphatic rings. The van der Waals surface area contributed by atoms with Gasteiger partial charge in [0.2, 0.25) is 11.8 Å². The summed E-state index contributed by atoms with van der Waals surface area (Å²) in [6.07, 6.45) is 7.10. The molecule has 1 aromatic carbocycles. The van der Waals surface area contributed by atoms with Gasteiger partial charge in [0.25, 0.3) is 0 Å². The van der Waals surface area contributed by atoms with Gasteiger partial charge in [0.05, 0.1) is 17.5 Å². The Morgan fingerprint density at radius 2 is 1.56 bits per heavy atom. The molecule has 128 valence electrons. The maximum atomic E-state index is 12.8. The quantitative estimate of drug-likeness (QED) is 0.806. The van der Waals surface area contributed by atoms with Crippen molar-refractivity contribution in [1.82, 2.24) is 4.98 Å². The second kappa shape index (κ2) is 6.43. The van der Waals surface area contributed by atoms with Gasteiger partial charge in [0.15, 0.2) is 0 Å². The highest BCUT2D eigenvalue weighted by molar-refractivity contribution is 6.22. The maximum absolute atomic E-state index is 12.8. The Morgan fingerprint density at radius 3 is 2.28 bits per heavy atom. The van der Waals surface area contributed by atoms with Crippen LogP contribution in [0.2, 0.25) is 0 Å². The summed E-state index contributed by atoms with van der Waals surface area (Å²) >= 11 is 0. The number of rotatable bonds is 3. The summed E-state index contributed by atoms with van der Waals surface area (Å²) in [7, 11) is 0. The van der Waals surface area contributed by atoms with E-state index in [-0.39, 0.29) is 23.7 Å². The van der Waals surface area contributed by atoms with E-state index < -0.39 is 0 Å². The third-order valence-corrected chi connectivity index (χ3v) is 5.54. The van der Waals surface area contributed by atoms with E-state index in [9.17, 15) is 9.59 Å². The molecule has 0 bridgehead atoms. The molecule has 2 heterocycles. The molecule has 1 saturated heterocycles. The number of carbonyl (C=O) groups is 2. The van der Waals surface area contributed by atoms with Crippen molar-refractivity contribution in [1.29, 1.82) is 0 Å². The minimum atomic E-state index is -0.118. The molecule has 0 spiro atoms. The number of fused-ring (bicyclic) bond motifs is 1. The smallest absolute Gasteiger partial charge is 0.237 e. The lowest BCUT2D eigenvalue weighted by Gasteiger charge is -2.25. The van der Waals surface area contributed by atoms with Crippen LogP contribution in [0, 0.1) is 17.8 Å². The summed E-state index contributed by atoms with van der Waals surface area (Å²) in [5.74, 6) is 0.279. The van der Waals surface area contributed by atoms with Crippen molar-refractivity contribution in [3.63, 3.8) is 0 Å². The van der Waals surface area contributed by atoms with E-state index in [1.54, 1.807) is 12.4 Å². The van der Waals surface area contributed by atoms with E-state index in [2.05, 4.69) is 11.9 Å². The monoisotopic (exact) mass is 334 g/mol. The van der Waals surface area contributed by atoms with Gasteiger partial charge in [-0.25, -0.2) is 0 Å². The summed E-state index contributed by atoms with van der Waals surface area (Å²) < 4.78 is 0. The predicted molar refractivity (Wildman–Crippen MR) is 96.0 cm³/mol. The first kappa shape index (κ1) is 16.0. The first-order valence-corrected chi connectivity index (χ1v) is 8.99. The zero-order valence-corrected chi connectivity index (χ0v) is 14.4. The van der Waals surface area contributed by atoms with Crippen LogP contribution in [0.4, 0.5) is 5.69 Å². The summed E-state index contributed by atoms with van der Waals surface area (Å²) in [6, 6.07) is 11.8. The highest BCUT2D eigenvalue weighted by atomic mass is 16.2. The molecule has 0 N–H and O–H groups in total. The maximum Gasteiger partial charge on any atom is 0.237 e. The Hall–Kier alpha value is -2.49. The van der Waals surface area contributed by atoms with Crippen LogP contribution < -0.4 is 4.90 Å². The van der Waals surface area contributed by atoms with Gasteiger partial charge in [0, 0.05) is 12.4 Å². The van der Waals surface area contributed by atoms with Crippen LogP contribution in [0.25, 0.3) is 0 Å². The molecule has 1 aromatic heterocycles. The van der Waals surface area contributed by atoms with Gasteiger partial charge in [-0.3, -0.25) is 19.5 Å². The molecule has 0 unspecified atom stereocenters. The van der Waals surface area contributed by atoms with Crippen molar-refractivity contribution >= 4 is 17.5 Å². The van der Waals surface area contributed by atoms with Crippen LogP contribution in [0.3, 0.4) is 0 Å². The Morgan fingerprint density at radius 1 is 0.920 bits per heavy atom. The van der Waals surface area contributed by atoms with Crippen molar-refractivity contribution < 1.29 is 9.59 Å². The van der Waals surface area contributed by atoms with Gasteiger partial charge in [0.1, 0.15) is 0 Å². The SMILES string of the molecule is C[C@H]1CC[C@H]2C(=O)N(c3ccc(Cc4ccncc4)cc3)C(=O)[C@@H]2C1. The van der Waals surface area contributed by atoms with Crippen molar-refractivity contribution in [2.24, 2.45) is 17.8 Å². The molecule has 2 amide bonds. The molecule has 2 aromatic rings. The lowest BCUT2D eigenvalue weighted by atomic mass is 9.76. The Kier molecular flexibility index (Phi) is 4.12. The lowest BCUT2D eigenvalue weighted by molar-refractivity contribution is -0.122. The topological polar surface area (TPSA) is 50.3 Å². The standard InChI is InChI=1S/C21H22N2O2/c1-14-2-7-18-19(12-14)21(25)23(20(18)24)17-5-3-15(4-6-17)13-16-8-10-22-11-9-16/h3-6,8-11,14,18-19H,2,7,12-13H2,1H3/t14-,18+,19+/m0/s1. The minimum absolute atomic E-state index is 0.0104. The van der Waals surface area contributed by atoms with Crippen molar-refractivity contribution in [3.05, 3.63) is 59.9 Å². The molecular weight excluding hydrogens is 312 g/mol. The number of hydrogen-bond acceptors (Lipinski definition) is 3. The molecule has 1 aliphatic carbocycles. The molecule has 4 heteroatoms. The Labute approximate surface area is 147 Å². The molecule has 4 rings (SSSR count). The first-order chi connectivity index (χ1) is 12.1. The van der Waals surface area contributed by atoms with E-state index in [1.807, 2.05) is 36.4 Å². The largest absolute Gasteiger partial charge is 0.274 e. The molecule has 1 aliphatic heterocycles. The van der Waals surface area contributed by atoms with Gasteiger partial charge < -0.3 is 0 Å². The molecule has 0 radical (unpaired) electrons. The fourth-order valence-corrected chi connectivity index (χ4v) is 4.14. The predicted octanol–water partition coefficient (Wildman–Crippen LogP) is 3.60. The Balaban J connectivity index is 1.54. The second-order valence-electron chi connectivity index (χ2n) is 7.34. The highest BCUT2D eigenvalue weighted by Crippen LogP contribution is 2.42. The van der Waals surface area contributed by atoms with Gasteiger partial charge in [-0.2, -0.15) is 0 Å². The number of imide groups is 1. The zero-order chi connectivity index (χ0) is 17.4. The van der Waals surface area contributed by atoms with E-state index in [4.69, 9.17) is 0 Å². The van der Waals surface area contributed by atoms with Crippen molar-refractivity contribution in [3.8, 4) is 0 Å². The number of hydrogen-bond donors (Lipinski definition) is 0. The van der Waals surface area contributed by atoms with E-state index >= 15 is 0 Å². The first-order valence-electron chi connectivity index (χ1n) is 8.99. The van der Waals surface area contributed by atoms with Gasteiger partial charge >= 0.3 is 0 Å². The second-order valence-corrected chi connectivity index (χ2v) is 7.34. The van der Waals surface area contributed by atoms with E-state index in [0.717, 1.165) is 31.2 Å². The highest BCUT2D eigenvalue weighted by Gasteiger charge is 2.49. The van der Waals surface area contributed by atoms with Crippen LogP contribution in [0.1, 0.15) is 37.3 Å². The van der Waals surface area contributed by atoms with Crippen LogP contribution in [-0.4, -0.2) is 16.8 Å².